The Bertz CT molecular complexity index is 758. The molecule has 0 bridgehead atoms. The molecule has 6 heteroatoms. The second-order valence-electron chi connectivity index (χ2n) is 4.96. The molecule has 0 aliphatic heterocycles. The van der Waals surface area contributed by atoms with E-state index in [1.165, 1.54) is 32.2 Å². The van der Waals surface area contributed by atoms with Crippen molar-refractivity contribution in [2.45, 2.75) is 20.5 Å². The van der Waals surface area contributed by atoms with Crippen LogP contribution in [0.2, 0.25) is 0 Å². The first-order valence-corrected chi connectivity index (χ1v) is 6.90. The third-order valence-corrected chi connectivity index (χ3v) is 3.19. The molecule has 1 aromatic heterocycles. The van der Waals surface area contributed by atoms with Crippen LogP contribution in [0.3, 0.4) is 0 Å². The second-order valence-corrected chi connectivity index (χ2v) is 4.96. The molecule has 0 atom stereocenters. The Morgan fingerprint density at radius 1 is 1.22 bits per heavy atom. The summed E-state index contributed by atoms with van der Waals surface area (Å²) in [5, 5.41) is 0. The highest BCUT2D eigenvalue weighted by atomic mass is 19.1. The van der Waals surface area contributed by atoms with Gasteiger partial charge in [-0.15, -0.1) is 0 Å². The number of hydrogen-bond donors (Lipinski definition) is 0. The third-order valence-electron chi connectivity index (χ3n) is 3.19. The zero-order chi connectivity index (χ0) is 17.0. The highest BCUT2D eigenvalue weighted by Crippen LogP contribution is 2.24. The number of carbonyl (C=O) groups excluding carboxylic acids is 2. The molecule has 2 aromatic rings. The van der Waals surface area contributed by atoms with E-state index in [4.69, 9.17) is 9.47 Å². The minimum atomic E-state index is -0.530. The van der Waals surface area contributed by atoms with Gasteiger partial charge < -0.3 is 9.47 Å². The summed E-state index contributed by atoms with van der Waals surface area (Å²) in [5.41, 5.74) is 2.52. The zero-order valence-corrected chi connectivity index (χ0v) is 13.1. The molecule has 0 fully saturated rings. The number of carbonyl (C=O) groups is 2. The molecule has 23 heavy (non-hydrogen) atoms. The lowest BCUT2D eigenvalue weighted by molar-refractivity contribution is -0.142. The summed E-state index contributed by atoms with van der Waals surface area (Å²) in [4.78, 5) is 27.1. The Morgan fingerprint density at radius 2 is 1.96 bits per heavy atom. The van der Waals surface area contributed by atoms with E-state index >= 15 is 0 Å². The molecule has 5 nitrogen and oxygen atoms in total. The highest BCUT2D eigenvalue weighted by molar-refractivity contribution is 5.90. The molecule has 1 heterocycles. The maximum Gasteiger partial charge on any atom is 0.337 e. The van der Waals surface area contributed by atoms with Gasteiger partial charge in [0.1, 0.15) is 12.4 Å². The predicted molar refractivity (Wildman–Crippen MR) is 81.2 cm³/mol. The molecule has 0 aliphatic rings. The summed E-state index contributed by atoms with van der Waals surface area (Å²) in [5.74, 6) is -1.33. The summed E-state index contributed by atoms with van der Waals surface area (Å²) in [6, 6.07) is 7.35. The molecule has 120 valence electrons. The van der Waals surface area contributed by atoms with Crippen molar-refractivity contribution >= 4 is 11.9 Å². The Morgan fingerprint density at radius 3 is 2.57 bits per heavy atom. The molecule has 0 unspecified atom stereocenters. The number of benzene rings is 1. The summed E-state index contributed by atoms with van der Waals surface area (Å²) in [6.45, 7) is 2.97. The number of aromatic nitrogens is 1. The van der Waals surface area contributed by atoms with E-state index in [1.807, 2.05) is 0 Å². The SMILES string of the molecule is COC(=O)c1cc(COC(C)=O)nc(-c2ccc(F)cc2C)c1. The second kappa shape index (κ2) is 7.00. The molecule has 0 saturated carbocycles. The molecule has 1 aromatic carbocycles. The van der Waals surface area contributed by atoms with Crippen LogP contribution < -0.4 is 0 Å². The van der Waals surface area contributed by atoms with E-state index in [9.17, 15) is 14.0 Å². The number of pyridine rings is 1. The molecule has 0 aliphatic carbocycles. The van der Waals surface area contributed by atoms with Crippen molar-refractivity contribution in [1.29, 1.82) is 0 Å². The summed E-state index contributed by atoms with van der Waals surface area (Å²) in [7, 11) is 1.28. The van der Waals surface area contributed by atoms with Gasteiger partial charge in [-0.25, -0.2) is 14.2 Å². The Balaban J connectivity index is 2.50. The van der Waals surface area contributed by atoms with E-state index in [1.54, 1.807) is 19.1 Å². The minimum Gasteiger partial charge on any atom is -0.465 e. The maximum atomic E-state index is 13.3. The number of aryl methyl sites for hydroxylation is 1. The normalized spacial score (nSPS) is 10.3. The Labute approximate surface area is 133 Å². The van der Waals surface area contributed by atoms with Crippen molar-refractivity contribution in [3.8, 4) is 11.3 Å². The van der Waals surface area contributed by atoms with Crippen molar-refractivity contribution in [3.05, 3.63) is 53.0 Å². The Kier molecular flexibility index (Phi) is 5.05. The van der Waals surface area contributed by atoms with Gasteiger partial charge in [-0.1, -0.05) is 0 Å². The summed E-state index contributed by atoms with van der Waals surface area (Å²) < 4.78 is 22.9. The number of nitrogens with zero attached hydrogens (tertiary/aromatic N) is 1. The van der Waals surface area contributed by atoms with E-state index in [0.717, 1.165) is 0 Å². The van der Waals surface area contributed by atoms with Crippen LogP contribution in [-0.2, 0) is 20.9 Å². The van der Waals surface area contributed by atoms with Crippen molar-refractivity contribution in [2.24, 2.45) is 0 Å². The number of rotatable bonds is 4. The van der Waals surface area contributed by atoms with Crippen molar-refractivity contribution in [3.63, 3.8) is 0 Å². The topological polar surface area (TPSA) is 65.5 Å². The van der Waals surface area contributed by atoms with Gasteiger partial charge in [0, 0.05) is 12.5 Å². The molecular formula is C17H16FNO4. The van der Waals surface area contributed by atoms with Crippen LogP contribution >= 0.6 is 0 Å². The smallest absolute Gasteiger partial charge is 0.337 e. The highest BCUT2D eigenvalue weighted by Gasteiger charge is 2.13. The van der Waals surface area contributed by atoms with Gasteiger partial charge in [-0.05, 0) is 42.8 Å². The van der Waals surface area contributed by atoms with E-state index in [2.05, 4.69) is 4.98 Å². The van der Waals surface area contributed by atoms with Crippen molar-refractivity contribution < 1.29 is 23.5 Å². The van der Waals surface area contributed by atoms with E-state index < -0.39 is 11.9 Å². The molecule has 2 rings (SSSR count). The van der Waals surface area contributed by atoms with Crippen LogP contribution in [0.1, 0.15) is 28.5 Å². The molecule has 0 spiro atoms. The largest absolute Gasteiger partial charge is 0.465 e. The van der Waals surface area contributed by atoms with E-state index in [0.29, 0.717) is 22.5 Å². The van der Waals surface area contributed by atoms with Crippen LogP contribution in [0, 0.1) is 12.7 Å². The predicted octanol–water partition coefficient (Wildman–Crippen LogP) is 3.05. The lowest BCUT2D eigenvalue weighted by atomic mass is 10.0. The number of halogens is 1. The van der Waals surface area contributed by atoms with Crippen molar-refractivity contribution in [2.75, 3.05) is 7.11 Å². The van der Waals surface area contributed by atoms with E-state index in [-0.39, 0.29) is 18.0 Å². The third kappa shape index (κ3) is 4.12. The monoisotopic (exact) mass is 317 g/mol. The first-order chi connectivity index (χ1) is 10.9. The summed E-state index contributed by atoms with van der Waals surface area (Å²) >= 11 is 0. The fraction of sp³-hybridized carbons (Fsp3) is 0.235. The van der Waals surface area contributed by atoms with Gasteiger partial charge in [-0.3, -0.25) is 4.79 Å². The minimum absolute atomic E-state index is 0.0621. The fourth-order valence-corrected chi connectivity index (χ4v) is 2.13. The average Bonchev–Trinajstić information content (AvgIpc) is 2.51. The first-order valence-electron chi connectivity index (χ1n) is 6.90. The quantitative estimate of drug-likeness (QED) is 0.811. The van der Waals surface area contributed by atoms with Gasteiger partial charge in [0.05, 0.1) is 24.1 Å². The van der Waals surface area contributed by atoms with Gasteiger partial charge in [0.2, 0.25) is 0 Å². The number of methoxy groups -OCH3 is 1. The molecule has 0 saturated heterocycles. The van der Waals surface area contributed by atoms with Gasteiger partial charge in [-0.2, -0.15) is 0 Å². The molecule has 0 radical (unpaired) electrons. The lowest BCUT2D eigenvalue weighted by Crippen LogP contribution is -2.07. The van der Waals surface area contributed by atoms with Crippen LogP contribution in [0.5, 0.6) is 0 Å². The number of ether oxygens (including phenoxy) is 2. The number of hydrogen-bond acceptors (Lipinski definition) is 5. The van der Waals surface area contributed by atoms with Crippen LogP contribution in [0.4, 0.5) is 4.39 Å². The zero-order valence-electron chi connectivity index (χ0n) is 13.1. The molecular weight excluding hydrogens is 301 g/mol. The lowest BCUT2D eigenvalue weighted by Gasteiger charge is -2.10. The summed E-state index contributed by atoms with van der Waals surface area (Å²) in [6.07, 6.45) is 0. The van der Waals surface area contributed by atoms with Crippen LogP contribution in [-0.4, -0.2) is 24.0 Å². The van der Waals surface area contributed by atoms with Crippen LogP contribution in [0.25, 0.3) is 11.3 Å². The average molecular weight is 317 g/mol. The van der Waals surface area contributed by atoms with Crippen molar-refractivity contribution in [1.82, 2.24) is 4.98 Å². The van der Waals surface area contributed by atoms with Crippen LogP contribution in [0.15, 0.2) is 30.3 Å². The Hall–Kier alpha value is -2.76. The molecule has 0 N–H and O–H groups in total. The van der Waals surface area contributed by atoms with Gasteiger partial charge >= 0.3 is 11.9 Å². The maximum absolute atomic E-state index is 13.3. The molecule has 0 amide bonds. The number of esters is 2. The van der Waals surface area contributed by atoms with Gasteiger partial charge in [0.15, 0.2) is 0 Å². The first kappa shape index (κ1) is 16.6. The fourth-order valence-electron chi connectivity index (χ4n) is 2.13. The van der Waals surface area contributed by atoms with Gasteiger partial charge in [0.25, 0.3) is 0 Å². The standard InChI is InChI=1S/C17H16FNO4/c1-10-6-13(18)4-5-15(10)16-8-12(17(21)22-3)7-14(19-16)9-23-11(2)20/h4-8H,9H2,1-3H3.